The summed E-state index contributed by atoms with van der Waals surface area (Å²) in [7, 11) is 0. The SMILES string of the molecule is CC(=O)NCC1CN(c2ccc(N3CCN(C(=S)CN)CC3)c(F)c2)C(=O)O1.Cl. The maximum Gasteiger partial charge on any atom is 0.414 e. The van der Waals surface area contributed by atoms with Crippen molar-refractivity contribution in [3.8, 4) is 0 Å². The molecule has 0 bridgehead atoms. The van der Waals surface area contributed by atoms with Gasteiger partial charge in [0.15, 0.2) is 0 Å². The van der Waals surface area contributed by atoms with E-state index in [-0.39, 0.29) is 31.4 Å². The van der Waals surface area contributed by atoms with Crippen LogP contribution in [0, 0.1) is 5.82 Å². The quantitative estimate of drug-likeness (QED) is 0.656. The van der Waals surface area contributed by atoms with Crippen LogP contribution in [0.1, 0.15) is 6.92 Å². The number of piperazine rings is 1. The lowest BCUT2D eigenvalue weighted by molar-refractivity contribution is -0.119. The Balaban J connectivity index is 0.00000300. The minimum Gasteiger partial charge on any atom is -0.442 e. The number of carbonyl (C=O) groups excluding carboxylic acids is 2. The average molecular weight is 446 g/mol. The number of hydrogen-bond donors (Lipinski definition) is 2. The summed E-state index contributed by atoms with van der Waals surface area (Å²) in [6.45, 7) is 4.89. The lowest BCUT2D eigenvalue weighted by atomic mass is 10.2. The van der Waals surface area contributed by atoms with Crippen molar-refractivity contribution in [3.63, 3.8) is 0 Å². The van der Waals surface area contributed by atoms with E-state index in [9.17, 15) is 14.0 Å². The molecular weight excluding hydrogens is 421 g/mol. The number of benzene rings is 1. The minimum atomic E-state index is -0.550. The Hall–Kier alpha value is -2.17. The highest BCUT2D eigenvalue weighted by atomic mass is 35.5. The molecule has 3 N–H and O–H groups in total. The average Bonchev–Trinajstić information content (AvgIpc) is 3.06. The molecule has 0 radical (unpaired) electrons. The molecular formula is C18H25ClFN5O3S. The summed E-state index contributed by atoms with van der Waals surface area (Å²) in [6, 6.07) is 4.72. The van der Waals surface area contributed by atoms with Gasteiger partial charge in [0.2, 0.25) is 5.91 Å². The molecule has 2 saturated heterocycles. The molecule has 2 fully saturated rings. The number of halogens is 2. The van der Waals surface area contributed by atoms with Gasteiger partial charge in [-0.2, -0.15) is 0 Å². The van der Waals surface area contributed by atoms with Crippen LogP contribution in [0.3, 0.4) is 0 Å². The van der Waals surface area contributed by atoms with Gasteiger partial charge in [0.05, 0.1) is 29.5 Å². The zero-order valence-electron chi connectivity index (χ0n) is 16.1. The molecule has 2 amide bonds. The van der Waals surface area contributed by atoms with Crippen molar-refractivity contribution in [2.24, 2.45) is 5.73 Å². The van der Waals surface area contributed by atoms with E-state index in [1.54, 1.807) is 12.1 Å². The molecule has 2 aliphatic heterocycles. The number of thiocarbonyl (C=S) groups is 1. The van der Waals surface area contributed by atoms with E-state index in [1.807, 2.05) is 9.80 Å². The highest BCUT2D eigenvalue weighted by molar-refractivity contribution is 7.80. The van der Waals surface area contributed by atoms with E-state index in [0.29, 0.717) is 44.1 Å². The van der Waals surface area contributed by atoms with Crippen LogP contribution in [0.4, 0.5) is 20.6 Å². The maximum atomic E-state index is 14.8. The molecule has 3 rings (SSSR count). The third-order valence-electron chi connectivity index (χ3n) is 4.84. The standard InChI is InChI=1S/C18H24FN5O3S.ClH/c1-12(25)21-10-14-11-24(18(26)27-14)13-2-3-16(15(19)8-13)22-4-6-23(7-5-22)17(28)9-20;/h2-3,8,14H,4-7,9-11,20H2,1H3,(H,21,25);1H. The fourth-order valence-electron chi connectivity index (χ4n) is 3.34. The number of carbonyl (C=O) groups is 2. The predicted molar refractivity (Wildman–Crippen MR) is 115 cm³/mol. The number of ether oxygens (including phenoxy) is 1. The Morgan fingerprint density at radius 2 is 2.03 bits per heavy atom. The third kappa shape index (κ3) is 5.46. The van der Waals surface area contributed by atoms with Gasteiger partial charge in [-0.05, 0) is 18.2 Å². The van der Waals surface area contributed by atoms with Gasteiger partial charge in [-0.25, -0.2) is 9.18 Å². The molecule has 0 aromatic heterocycles. The topological polar surface area (TPSA) is 91.1 Å². The molecule has 0 aliphatic carbocycles. The fourth-order valence-corrected chi connectivity index (χ4v) is 3.52. The highest BCUT2D eigenvalue weighted by Gasteiger charge is 2.33. The van der Waals surface area contributed by atoms with Crippen LogP contribution < -0.4 is 20.9 Å². The van der Waals surface area contributed by atoms with Crippen molar-refractivity contribution in [2.45, 2.75) is 13.0 Å². The van der Waals surface area contributed by atoms with Gasteiger partial charge < -0.3 is 25.6 Å². The summed E-state index contributed by atoms with van der Waals surface area (Å²) in [4.78, 5) is 29.2. The van der Waals surface area contributed by atoms with E-state index in [4.69, 9.17) is 22.7 Å². The number of nitrogens with one attached hydrogen (secondary N) is 1. The molecule has 1 aromatic carbocycles. The monoisotopic (exact) mass is 445 g/mol. The van der Waals surface area contributed by atoms with Gasteiger partial charge in [-0.1, -0.05) is 12.2 Å². The number of cyclic esters (lactones) is 1. The molecule has 2 heterocycles. The molecule has 0 saturated carbocycles. The molecule has 8 nitrogen and oxygen atoms in total. The van der Waals surface area contributed by atoms with Crippen LogP contribution in [0.5, 0.6) is 0 Å². The molecule has 160 valence electrons. The summed E-state index contributed by atoms with van der Waals surface area (Å²) in [5.41, 5.74) is 6.50. The highest BCUT2D eigenvalue weighted by Crippen LogP contribution is 2.28. The third-order valence-corrected chi connectivity index (χ3v) is 5.27. The number of anilines is 2. The van der Waals surface area contributed by atoms with Gasteiger partial charge in [-0.3, -0.25) is 9.69 Å². The van der Waals surface area contributed by atoms with Crippen molar-refractivity contribution in [1.82, 2.24) is 10.2 Å². The lowest BCUT2D eigenvalue weighted by Gasteiger charge is -2.37. The summed E-state index contributed by atoms with van der Waals surface area (Å²) < 4.78 is 20.0. The van der Waals surface area contributed by atoms with Crippen LogP contribution >= 0.6 is 24.6 Å². The maximum absolute atomic E-state index is 14.8. The first-order valence-electron chi connectivity index (χ1n) is 9.14. The van der Waals surface area contributed by atoms with Gasteiger partial charge in [0.1, 0.15) is 11.9 Å². The number of nitrogens with zero attached hydrogens (tertiary/aromatic N) is 3. The van der Waals surface area contributed by atoms with E-state index in [2.05, 4.69) is 5.32 Å². The molecule has 2 aliphatic rings. The molecule has 11 heteroatoms. The molecule has 0 spiro atoms. The number of hydrogen-bond acceptors (Lipinski definition) is 6. The Morgan fingerprint density at radius 3 is 2.62 bits per heavy atom. The number of rotatable bonds is 5. The second kappa shape index (κ2) is 10.0. The van der Waals surface area contributed by atoms with Crippen LogP contribution in [0.2, 0.25) is 0 Å². The summed E-state index contributed by atoms with van der Waals surface area (Å²) in [6.07, 6.45) is -1.01. The van der Waals surface area contributed by atoms with E-state index in [1.165, 1.54) is 17.9 Å². The van der Waals surface area contributed by atoms with Gasteiger partial charge in [0.25, 0.3) is 0 Å². The first-order chi connectivity index (χ1) is 13.4. The van der Waals surface area contributed by atoms with Crippen molar-refractivity contribution >= 4 is 53.0 Å². The second-order valence-electron chi connectivity index (χ2n) is 6.76. The number of amides is 2. The molecule has 1 atom stereocenters. The van der Waals surface area contributed by atoms with Gasteiger partial charge in [0, 0.05) is 39.6 Å². The Labute approximate surface area is 180 Å². The first-order valence-corrected chi connectivity index (χ1v) is 9.54. The van der Waals surface area contributed by atoms with E-state index >= 15 is 0 Å². The smallest absolute Gasteiger partial charge is 0.414 e. The van der Waals surface area contributed by atoms with Gasteiger partial charge in [-0.15, -0.1) is 12.4 Å². The zero-order valence-corrected chi connectivity index (χ0v) is 17.7. The Bertz CT molecular complexity index is 776. The molecule has 1 unspecified atom stereocenters. The zero-order chi connectivity index (χ0) is 20.3. The van der Waals surface area contributed by atoms with Crippen molar-refractivity contribution in [1.29, 1.82) is 0 Å². The van der Waals surface area contributed by atoms with Crippen molar-refractivity contribution < 1.29 is 18.7 Å². The summed E-state index contributed by atoms with van der Waals surface area (Å²) in [5.74, 6) is -0.595. The summed E-state index contributed by atoms with van der Waals surface area (Å²) >= 11 is 5.22. The van der Waals surface area contributed by atoms with Crippen LogP contribution in [0.15, 0.2) is 18.2 Å². The molecule has 1 aromatic rings. The van der Waals surface area contributed by atoms with Crippen LogP contribution in [0.25, 0.3) is 0 Å². The predicted octanol–water partition coefficient (Wildman–Crippen LogP) is 1.12. The van der Waals surface area contributed by atoms with Crippen LogP contribution in [-0.2, 0) is 9.53 Å². The Kier molecular flexibility index (Phi) is 8.00. The van der Waals surface area contributed by atoms with Crippen molar-refractivity contribution in [2.75, 3.05) is 55.6 Å². The van der Waals surface area contributed by atoms with Crippen molar-refractivity contribution in [3.05, 3.63) is 24.0 Å². The lowest BCUT2D eigenvalue weighted by Crippen LogP contribution is -2.50. The first kappa shape index (κ1) is 23.1. The van der Waals surface area contributed by atoms with Crippen LogP contribution in [-0.4, -0.2) is 73.8 Å². The number of nitrogens with two attached hydrogens (primary N) is 1. The van der Waals surface area contributed by atoms with Gasteiger partial charge >= 0.3 is 6.09 Å². The second-order valence-corrected chi connectivity index (χ2v) is 7.23. The van der Waals surface area contributed by atoms with E-state index in [0.717, 1.165) is 4.99 Å². The van der Waals surface area contributed by atoms with E-state index < -0.39 is 18.0 Å². The minimum absolute atomic E-state index is 0. The largest absolute Gasteiger partial charge is 0.442 e. The summed E-state index contributed by atoms with van der Waals surface area (Å²) in [5, 5.41) is 2.61. The normalized spacial score (nSPS) is 18.9. The molecule has 29 heavy (non-hydrogen) atoms. The Morgan fingerprint density at radius 1 is 1.34 bits per heavy atom. The fraction of sp³-hybridized carbons (Fsp3) is 0.500.